The van der Waals surface area contributed by atoms with Crippen molar-refractivity contribution in [2.45, 2.75) is 31.9 Å². The zero-order valence-electron chi connectivity index (χ0n) is 11.8. The maximum atomic E-state index is 12.3. The van der Waals surface area contributed by atoms with Crippen molar-refractivity contribution in [2.75, 3.05) is 11.1 Å². The Kier molecular flexibility index (Phi) is 6.97. The van der Waals surface area contributed by atoms with Gasteiger partial charge >= 0.3 is 10.5 Å². The lowest BCUT2D eigenvalue weighted by Gasteiger charge is -2.12. The second-order valence-electron chi connectivity index (χ2n) is 4.36. The zero-order chi connectivity index (χ0) is 15.9. The molecular weight excluding hydrogens is 317 g/mol. The Morgan fingerprint density at radius 1 is 1.38 bits per heavy atom. The Morgan fingerprint density at radius 2 is 2.00 bits per heavy atom. The first kappa shape index (κ1) is 17.8. The lowest BCUT2D eigenvalue weighted by Crippen LogP contribution is -2.22. The molecule has 8 heteroatoms. The van der Waals surface area contributed by atoms with Crippen molar-refractivity contribution >= 4 is 33.9 Å². The minimum absolute atomic E-state index is 0.136. The summed E-state index contributed by atoms with van der Waals surface area (Å²) in [6.07, 6.45) is 2.15. The third-order valence-electron chi connectivity index (χ3n) is 2.55. The van der Waals surface area contributed by atoms with Crippen molar-refractivity contribution < 1.29 is 21.3 Å². The minimum Gasteiger partial charge on any atom is -0.358 e. The molecule has 0 aliphatic heterocycles. The summed E-state index contributed by atoms with van der Waals surface area (Å²) in [5.74, 6) is 0.635. The number of thioether (sulfide) groups is 1. The fourth-order valence-electron chi connectivity index (χ4n) is 1.43. The first-order chi connectivity index (χ1) is 9.81. The van der Waals surface area contributed by atoms with Crippen molar-refractivity contribution in [3.05, 3.63) is 24.3 Å². The van der Waals surface area contributed by atoms with E-state index in [9.17, 15) is 17.1 Å². The highest BCUT2D eigenvalue weighted by molar-refractivity contribution is 8.00. The summed E-state index contributed by atoms with van der Waals surface area (Å²) >= 11 is 1.57. The molecule has 1 atom stereocenters. The molecule has 21 heavy (non-hydrogen) atoms. The standard InChI is InChI=1S/C13H18FNO4S2/c1-3-4-9-20-10(2)13(16)15-11-5-7-12(8-6-11)19-21(14,17)18/h5-8,10H,3-4,9H2,1-2H3,(H,15,16). The fourth-order valence-corrected chi connectivity index (χ4v) is 2.79. The molecule has 0 fully saturated rings. The SMILES string of the molecule is CCCCSC(C)C(=O)Nc1ccc(OS(=O)(=O)F)cc1. The third kappa shape index (κ3) is 7.33. The van der Waals surface area contributed by atoms with E-state index in [0.717, 1.165) is 18.6 Å². The Bertz CT molecular complexity index is 560. The largest absolute Gasteiger partial charge is 0.488 e. The van der Waals surface area contributed by atoms with Crippen molar-refractivity contribution in [1.82, 2.24) is 0 Å². The lowest BCUT2D eigenvalue weighted by atomic mass is 10.3. The number of rotatable bonds is 8. The van der Waals surface area contributed by atoms with Crippen LogP contribution in [0.25, 0.3) is 0 Å². The van der Waals surface area contributed by atoms with Crippen LogP contribution in [0.15, 0.2) is 24.3 Å². The van der Waals surface area contributed by atoms with Crippen molar-refractivity contribution in [3.8, 4) is 5.75 Å². The quantitative estimate of drug-likeness (QED) is 0.584. The van der Waals surface area contributed by atoms with E-state index in [0.29, 0.717) is 5.69 Å². The van der Waals surface area contributed by atoms with Crippen LogP contribution in [0, 0.1) is 0 Å². The molecule has 0 saturated heterocycles. The summed E-state index contributed by atoms with van der Waals surface area (Å²) in [5, 5.41) is 2.52. The molecule has 0 aromatic heterocycles. The lowest BCUT2D eigenvalue weighted by molar-refractivity contribution is -0.115. The van der Waals surface area contributed by atoms with Gasteiger partial charge in [-0.05, 0) is 43.4 Å². The highest BCUT2D eigenvalue weighted by atomic mass is 32.3. The van der Waals surface area contributed by atoms with Gasteiger partial charge in [-0.15, -0.1) is 11.8 Å². The van der Waals surface area contributed by atoms with Crippen LogP contribution < -0.4 is 9.50 Å². The van der Waals surface area contributed by atoms with Gasteiger partial charge < -0.3 is 9.50 Å². The third-order valence-corrected chi connectivity index (χ3v) is 4.18. The van der Waals surface area contributed by atoms with Crippen molar-refractivity contribution in [1.29, 1.82) is 0 Å². The second-order valence-corrected chi connectivity index (χ2v) is 6.76. The highest BCUT2D eigenvalue weighted by Gasteiger charge is 2.14. The van der Waals surface area contributed by atoms with Crippen LogP contribution >= 0.6 is 11.8 Å². The molecule has 0 radical (unpaired) electrons. The fraction of sp³-hybridized carbons (Fsp3) is 0.462. The molecule has 0 bridgehead atoms. The van der Waals surface area contributed by atoms with Gasteiger partial charge in [-0.2, -0.15) is 8.42 Å². The van der Waals surface area contributed by atoms with Crippen LogP contribution in [0.5, 0.6) is 5.75 Å². The topological polar surface area (TPSA) is 72.5 Å². The Balaban J connectivity index is 2.53. The van der Waals surface area contributed by atoms with E-state index in [-0.39, 0.29) is 16.9 Å². The molecule has 0 saturated carbocycles. The number of unbranched alkanes of at least 4 members (excludes halogenated alkanes) is 1. The van der Waals surface area contributed by atoms with Gasteiger partial charge in [0.25, 0.3) is 0 Å². The normalized spacial score (nSPS) is 12.7. The first-order valence-corrected chi connectivity index (χ1v) is 8.84. The number of benzene rings is 1. The average molecular weight is 335 g/mol. The minimum atomic E-state index is -5.03. The molecule has 5 nitrogen and oxygen atoms in total. The van der Waals surface area contributed by atoms with Gasteiger partial charge in [0.1, 0.15) is 5.75 Å². The molecule has 0 heterocycles. The van der Waals surface area contributed by atoms with Crippen LogP contribution in [0.4, 0.5) is 9.57 Å². The molecule has 1 rings (SSSR count). The summed E-state index contributed by atoms with van der Waals surface area (Å²) in [6, 6.07) is 5.42. The van der Waals surface area contributed by atoms with Gasteiger partial charge in [-0.1, -0.05) is 17.2 Å². The van der Waals surface area contributed by atoms with E-state index in [4.69, 9.17) is 0 Å². The first-order valence-electron chi connectivity index (χ1n) is 6.48. The van der Waals surface area contributed by atoms with Gasteiger partial charge in [0, 0.05) is 5.69 Å². The van der Waals surface area contributed by atoms with E-state index in [1.165, 1.54) is 24.3 Å². The van der Waals surface area contributed by atoms with E-state index >= 15 is 0 Å². The second kappa shape index (κ2) is 8.23. The number of anilines is 1. The molecule has 0 spiro atoms. The Morgan fingerprint density at radius 3 is 2.52 bits per heavy atom. The summed E-state index contributed by atoms with van der Waals surface area (Å²) in [6.45, 7) is 3.91. The van der Waals surface area contributed by atoms with Crippen molar-refractivity contribution in [3.63, 3.8) is 0 Å². The molecule has 0 aliphatic carbocycles. The number of amides is 1. The molecule has 1 unspecified atom stereocenters. The highest BCUT2D eigenvalue weighted by Crippen LogP contribution is 2.19. The van der Waals surface area contributed by atoms with E-state index < -0.39 is 10.5 Å². The van der Waals surface area contributed by atoms with Crippen LogP contribution in [0.3, 0.4) is 0 Å². The molecule has 1 aromatic rings. The molecule has 1 N–H and O–H groups in total. The number of hydrogen-bond donors (Lipinski definition) is 1. The molecule has 118 valence electrons. The average Bonchev–Trinajstić information content (AvgIpc) is 2.39. The number of hydrogen-bond acceptors (Lipinski definition) is 5. The monoisotopic (exact) mass is 335 g/mol. The number of carbonyl (C=O) groups is 1. The Labute approximate surface area is 128 Å². The van der Waals surface area contributed by atoms with Gasteiger partial charge in [-0.25, -0.2) is 0 Å². The number of carbonyl (C=O) groups excluding carboxylic acids is 1. The number of nitrogens with one attached hydrogen (secondary N) is 1. The number of halogens is 1. The predicted octanol–water partition coefficient (Wildman–Crippen LogP) is 3.14. The maximum absolute atomic E-state index is 12.3. The molecule has 0 aliphatic rings. The van der Waals surface area contributed by atoms with Gasteiger partial charge in [-0.3, -0.25) is 4.79 Å². The zero-order valence-corrected chi connectivity index (χ0v) is 13.5. The van der Waals surface area contributed by atoms with Gasteiger partial charge in [0.15, 0.2) is 0 Å². The van der Waals surface area contributed by atoms with Crippen LogP contribution in [0.2, 0.25) is 0 Å². The van der Waals surface area contributed by atoms with Crippen LogP contribution in [-0.2, 0) is 15.3 Å². The molecule has 1 amide bonds. The molecular formula is C13H18FNO4S2. The van der Waals surface area contributed by atoms with E-state index in [1.54, 1.807) is 11.8 Å². The van der Waals surface area contributed by atoms with E-state index in [1.807, 2.05) is 6.92 Å². The summed E-state index contributed by atoms with van der Waals surface area (Å²) < 4.78 is 37.0. The molecule has 1 aromatic carbocycles. The van der Waals surface area contributed by atoms with Crippen LogP contribution in [-0.4, -0.2) is 25.3 Å². The van der Waals surface area contributed by atoms with Gasteiger partial charge in [0.05, 0.1) is 5.25 Å². The summed E-state index contributed by atoms with van der Waals surface area (Å²) in [4.78, 5) is 11.9. The maximum Gasteiger partial charge on any atom is 0.488 e. The van der Waals surface area contributed by atoms with E-state index in [2.05, 4.69) is 16.4 Å². The smallest absolute Gasteiger partial charge is 0.358 e. The van der Waals surface area contributed by atoms with Crippen LogP contribution in [0.1, 0.15) is 26.7 Å². The van der Waals surface area contributed by atoms with Gasteiger partial charge in [0.2, 0.25) is 5.91 Å². The van der Waals surface area contributed by atoms with Crippen molar-refractivity contribution in [2.24, 2.45) is 0 Å². The Hall–Kier alpha value is -1.28. The predicted molar refractivity (Wildman–Crippen MR) is 82.6 cm³/mol. The summed E-state index contributed by atoms with van der Waals surface area (Å²) in [5.41, 5.74) is 0.492. The summed E-state index contributed by atoms with van der Waals surface area (Å²) in [7, 11) is -5.03.